The van der Waals surface area contributed by atoms with Crippen LogP contribution in [0.15, 0.2) is 36.7 Å². The Morgan fingerprint density at radius 1 is 1.36 bits per heavy atom. The van der Waals surface area contributed by atoms with Crippen LogP contribution in [0.25, 0.3) is 10.8 Å². The Hall–Kier alpha value is -2.14. The smallest absolute Gasteiger partial charge is 0.407 e. The Labute approximate surface area is 130 Å². The van der Waals surface area contributed by atoms with E-state index >= 15 is 0 Å². The van der Waals surface area contributed by atoms with Crippen LogP contribution in [-0.4, -0.2) is 29.8 Å². The summed E-state index contributed by atoms with van der Waals surface area (Å²) < 4.78 is 5.26. The van der Waals surface area contributed by atoms with Crippen LogP contribution in [0.2, 0.25) is 0 Å². The molecule has 1 atom stereocenters. The van der Waals surface area contributed by atoms with E-state index in [4.69, 9.17) is 10.5 Å². The Morgan fingerprint density at radius 2 is 2.14 bits per heavy atom. The molecule has 2 rings (SSSR count). The highest BCUT2D eigenvalue weighted by atomic mass is 16.6. The zero-order valence-corrected chi connectivity index (χ0v) is 13.3. The van der Waals surface area contributed by atoms with Gasteiger partial charge < -0.3 is 15.8 Å². The van der Waals surface area contributed by atoms with Crippen LogP contribution < -0.4 is 11.1 Å². The number of carbonyl (C=O) groups excluding carboxylic acids is 1. The number of nitrogens with one attached hydrogen (secondary N) is 1. The quantitative estimate of drug-likeness (QED) is 0.910. The molecule has 1 unspecified atom stereocenters. The van der Waals surface area contributed by atoms with Crippen molar-refractivity contribution >= 4 is 16.9 Å². The molecule has 0 aliphatic carbocycles. The summed E-state index contributed by atoms with van der Waals surface area (Å²) in [6.45, 7) is 6.39. The number of carbonyl (C=O) groups is 1. The third-order valence-corrected chi connectivity index (χ3v) is 3.33. The molecule has 1 heterocycles. The summed E-state index contributed by atoms with van der Waals surface area (Å²) >= 11 is 0. The standard InChI is InChI=1S/C17H23N3O2/c1-17(2,3)22-16(21)20-11-13(9-18)14-6-4-5-12-10-19-8-7-15(12)14/h4-8,10,13H,9,11,18H2,1-3H3,(H,20,21). The van der Waals surface area contributed by atoms with Gasteiger partial charge in [-0.05, 0) is 37.8 Å². The number of ether oxygens (including phenoxy) is 1. The molecule has 0 saturated heterocycles. The van der Waals surface area contributed by atoms with Crippen molar-refractivity contribution in [1.82, 2.24) is 10.3 Å². The van der Waals surface area contributed by atoms with Gasteiger partial charge in [-0.25, -0.2) is 4.79 Å². The third-order valence-electron chi connectivity index (χ3n) is 3.33. The van der Waals surface area contributed by atoms with Gasteiger partial charge in [0.2, 0.25) is 0 Å². The number of fused-ring (bicyclic) bond motifs is 1. The highest BCUT2D eigenvalue weighted by molar-refractivity contribution is 5.85. The Morgan fingerprint density at radius 3 is 2.82 bits per heavy atom. The first kappa shape index (κ1) is 16.2. The average molecular weight is 301 g/mol. The van der Waals surface area contributed by atoms with Gasteiger partial charge >= 0.3 is 6.09 Å². The van der Waals surface area contributed by atoms with Gasteiger partial charge in [0.1, 0.15) is 5.60 Å². The molecular weight excluding hydrogens is 278 g/mol. The first-order valence-electron chi connectivity index (χ1n) is 7.40. The van der Waals surface area contributed by atoms with Gasteiger partial charge in [0.15, 0.2) is 0 Å². The molecular formula is C17H23N3O2. The molecule has 1 aromatic heterocycles. The molecule has 3 N–H and O–H groups in total. The molecule has 0 spiro atoms. The molecule has 0 fully saturated rings. The number of hydrogen-bond acceptors (Lipinski definition) is 4. The Balaban J connectivity index is 2.12. The van der Waals surface area contributed by atoms with Crippen LogP contribution in [0.4, 0.5) is 4.79 Å². The van der Waals surface area contributed by atoms with Crippen molar-refractivity contribution in [1.29, 1.82) is 0 Å². The van der Waals surface area contributed by atoms with Gasteiger partial charge in [0, 0.05) is 36.8 Å². The highest BCUT2D eigenvalue weighted by Crippen LogP contribution is 2.24. The summed E-state index contributed by atoms with van der Waals surface area (Å²) in [5.74, 6) is 0.0265. The summed E-state index contributed by atoms with van der Waals surface area (Å²) in [6.07, 6.45) is 3.17. The topological polar surface area (TPSA) is 77.2 Å². The lowest BCUT2D eigenvalue weighted by atomic mass is 9.94. The SMILES string of the molecule is CC(C)(C)OC(=O)NCC(CN)c1cccc2cnccc12. The molecule has 5 heteroatoms. The fourth-order valence-electron chi connectivity index (χ4n) is 2.34. The molecule has 2 aromatic rings. The van der Waals surface area contributed by atoms with Crippen LogP contribution in [0.3, 0.4) is 0 Å². The predicted molar refractivity (Wildman–Crippen MR) is 87.8 cm³/mol. The van der Waals surface area contributed by atoms with Crippen LogP contribution >= 0.6 is 0 Å². The maximum absolute atomic E-state index is 11.8. The predicted octanol–water partition coefficient (Wildman–Crippen LogP) is 2.80. The van der Waals surface area contributed by atoms with Crippen LogP contribution in [0, 0.1) is 0 Å². The largest absolute Gasteiger partial charge is 0.444 e. The third kappa shape index (κ3) is 4.18. The number of aromatic nitrogens is 1. The lowest BCUT2D eigenvalue weighted by molar-refractivity contribution is 0.0525. The molecule has 0 saturated carbocycles. The number of alkyl carbamates (subject to hydrolysis) is 1. The molecule has 0 bridgehead atoms. The van der Waals surface area contributed by atoms with E-state index in [1.165, 1.54) is 0 Å². The van der Waals surface area contributed by atoms with E-state index in [1.807, 2.05) is 51.2 Å². The maximum Gasteiger partial charge on any atom is 0.407 e. The van der Waals surface area contributed by atoms with E-state index in [0.29, 0.717) is 13.1 Å². The minimum absolute atomic E-state index is 0.0265. The van der Waals surface area contributed by atoms with Crippen molar-refractivity contribution < 1.29 is 9.53 Å². The number of benzene rings is 1. The zero-order valence-electron chi connectivity index (χ0n) is 13.3. The minimum Gasteiger partial charge on any atom is -0.444 e. The molecule has 22 heavy (non-hydrogen) atoms. The second-order valence-electron chi connectivity index (χ2n) is 6.26. The van der Waals surface area contributed by atoms with Crippen LogP contribution in [0.5, 0.6) is 0 Å². The van der Waals surface area contributed by atoms with E-state index in [2.05, 4.69) is 10.3 Å². The van der Waals surface area contributed by atoms with Gasteiger partial charge in [-0.3, -0.25) is 4.98 Å². The summed E-state index contributed by atoms with van der Waals surface area (Å²) in [4.78, 5) is 15.9. The maximum atomic E-state index is 11.8. The number of nitrogens with zero attached hydrogens (tertiary/aromatic N) is 1. The fraction of sp³-hybridized carbons (Fsp3) is 0.412. The number of hydrogen-bond donors (Lipinski definition) is 2. The zero-order chi connectivity index (χ0) is 16.2. The summed E-state index contributed by atoms with van der Waals surface area (Å²) in [6, 6.07) is 8.01. The molecule has 0 radical (unpaired) electrons. The average Bonchev–Trinajstić information content (AvgIpc) is 2.46. The van der Waals surface area contributed by atoms with Crippen molar-refractivity contribution in [3.8, 4) is 0 Å². The van der Waals surface area contributed by atoms with E-state index in [0.717, 1.165) is 16.3 Å². The van der Waals surface area contributed by atoms with Crippen LogP contribution in [0.1, 0.15) is 32.3 Å². The second kappa shape index (κ2) is 6.75. The van der Waals surface area contributed by atoms with Crippen molar-refractivity contribution in [3.05, 3.63) is 42.2 Å². The van der Waals surface area contributed by atoms with E-state index in [1.54, 1.807) is 6.20 Å². The first-order chi connectivity index (χ1) is 10.4. The Bertz CT molecular complexity index is 644. The number of amides is 1. The van der Waals surface area contributed by atoms with E-state index < -0.39 is 11.7 Å². The van der Waals surface area contributed by atoms with Gasteiger partial charge in [-0.1, -0.05) is 18.2 Å². The van der Waals surface area contributed by atoms with Gasteiger partial charge in [0.05, 0.1) is 0 Å². The lowest BCUT2D eigenvalue weighted by Crippen LogP contribution is -2.36. The molecule has 1 amide bonds. The second-order valence-corrected chi connectivity index (χ2v) is 6.26. The van der Waals surface area contributed by atoms with Crippen LogP contribution in [-0.2, 0) is 4.74 Å². The van der Waals surface area contributed by atoms with E-state index in [9.17, 15) is 4.79 Å². The number of pyridine rings is 1. The minimum atomic E-state index is -0.507. The summed E-state index contributed by atoms with van der Waals surface area (Å²) in [5, 5.41) is 4.97. The Kier molecular flexibility index (Phi) is 4.98. The van der Waals surface area contributed by atoms with Crippen molar-refractivity contribution in [2.45, 2.75) is 32.3 Å². The van der Waals surface area contributed by atoms with Gasteiger partial charge in [0.25, 0.3) is 0 Å². The van der Waals surface area contributed by atoms with Crippen molar-refractivity contribution in [3.63, 3.8) is 0 Å². The van der Waals surface area contributed by atoms with Gasteiger partial charge in [-0.2, -0.15) is 0 Å². The normalized spacial score (nSPS) is 12.9. The molecule has 0 aliphatic rings. The molecule has 5 nitrogen and oxygen atoms in total. The van der Waals surface area contributed by atoms with Crippen molar-refractivity contribution in [2.24, 2.45) is 5.73 Å². The lowest BCUT2D eigenvalue weighted by Gasteiger charge is -2.22. The van der Waals surface area contributed by atoms with E-state index in [-0.39, 0.29) is 5.92 Å². The fourth-order valence-corrected chi connectivity index (χ4v) is 2.34. The summed E-state index contributed by atoms with van der Waals surface area (Å²) in [7, 11) is 0. The monoisotopic (exact) mass is 301 g/mol. The van der Waals surface area contributed by atoms with Crippen molar-refractivity contribution in [2.75, 3.05) is 13.1 Å². The first-order valence-corrected chi connectivity index (χ1v) is 7.40. The summed E-state index contributed by atoms with van der Waals surface area (Å²) in [5.41, 5.74) is 6.50. The number of rotatable bonds is 4. The number of nitrogens with two attached hydrogens (primary N) is 1. The molecule has 1 aromatic carbocycles. The molecule has 0 aliphatic heterocycles. The highest BCUT2D eigenvalue weighted by Gasteiger charge is 2.18. The van der Waals surface area contributed by atoms with Gasteiger partial charge in [-0.15, -0.1) is 0 Å². The molecule has 118 valence electrons.